The van der Waals surface area contributed by atoms with Gasteiger partial charge in [0.25, 0.3) is 0 Å². The van der Waals surface area contributed by atoms with Gasteiger partial charge in [0.05, 0.1) is 6.54 Å². The minimum absolute atomic E-state index is 0.322. The summed E-state index contributed by atoms with van der Waals surface area (Å²) in [6, 6.07) is 8.34. The molecule has 0 radical (unpaired) electrons. The highest BCUT2D eigenvalue weighted by Crippen LogP contribution is 2.26. The largest absolute Gasteiger partial charge is 0.367 e. The van der Waals surface area contributed by atoms with E-state index >= 15 is 0 Å². The van der Waals surface area contributed by atoms with Crippen molar-refractivity contribution in [1.82, 2.24) is 0 Å². The van der Waals surface area contributed by atoms with E-state index in [0.717, 1.165) is 18.5 Å². The van der Waals surface area contributed by atoms with E-state index in [0.29, 0.717) is 18.2 Å². The first kappa shape index (κ1) is 12.2. The van der Waals surface area contributed by atoms with Crippen molar-refractivity contribution in [2.45, 2.75) is 32.6 Å². The molecule has 0 heterocycles. The molecule has 0 bridgehead atoms. The third-order valence-electron chi connectivity index (χ3n) is 3.68. The lowest BCUT2D eigenvalue weighted by Gasteiger charge is -2.20. The van der Waals surface area contributed by atoms with Gasteiger partial charge in [-0.15, -0.1) is 0 Å². The molecule has 1 aliphatic rings. The van der Waals surface area contributed by atoms with Crippen molar-refractivity contribution in [2.75, 3.05) is 18.5 Å². The molecule has 17 heavy (non-hydrogen) atoms. The van der Waals surface area contributed by atoms with Crippen molar-refractivity contribution in [3.8, 4) is 0 Å². The molecule has 0 aliphatic heterocycles. The quantitative estimate of drug-likeness (QED) is 0.793. The van der Waals surface area contributed by atoms with Crippen LogP contribution in [0, 0.1) is 12.8 Å². The highest BCUT2D eigenvalue weighted by Gasteiger charge is 2.23. The summed E-state index contributed by atoms with van der Waals surface area (Å²) in [5, 5.41) is 0. The van der Waals surface area contributed by atoms with Crippen molar-refractivity contribution in [1.29, 1.82) is 0 Å². The molecule has 1 saturated carbocycles. The molecule has 92 valence electrons. The summed E-state index contributed by atoms with van der Waals surface area (Å²) in [6.07, 6.45) is 4.65. The summed E-state index contributed by atoms with van der Waals surface area (Å²) in [6.45, 7) is 2.63. The van der Waals surface area contributed by atoms with E-state index < -0.39 is 0 Å². The van der Waals surface area contributed by atoms with Gasteiger partial charge < -0.3 is 4.90 Å². The van der Waals surface area contributed by atoms with Gasteiger partial charge in [-0.25, -0.2) is 0 Å². The molecule has 1 fully saturated rings. The monoisotopic (exact) mass is 231 g/mol. The molecule has 0 spiro atoms. The van der Waals surface area contributed by atoms with Crippen LogP contribution in [0.15, 0.2) is 24.3 Å². The maximum absolute atomic E-state index is 12.1. The predicted molar refractivity (Wildman–Crippen MR) is 71.4 cm³/mol. The number of Topliss-reactive ketones (excluding diaryl/α,β-unsaturated/α-hetero) is 1. The molecule has 0 unspecified atom stereocenters. The van der Waals surface area contributed by atoms with Gasteiger partial charge in [-0.1, -0.05) is 30.5 Å². The molecule has 1 aromatic rings. The Bertz CT molecular complexity index is 376. The van der Waals surface area contributed by atoms with Crippen LogP contribution < -0.4 is 4.90 Å². The number of nitrogens with zero attached hydrogens (tertiary/aromatic N) is 1. The van der Waals surface area contributed by atoms with Crippen LogP contribution >= 0.6 is 0 Å². The SMILES string of the molecule is Cc1ccc(N(C)CC(=O)C2CCCC2)cc1. The number of carbonyl (C=O) groups is 1. The van der Waals surface area contributed by atoms with E-state index in [-0.39, 0.29) is 0 Å². The van der Waals surface area contributed by atoms with E-state index in [1.54, 1.807) is 0 Å². The van der Waals surface area contributed by atoms with Gasteiger partial charge >= 0.3 is 0 Å². The summed E-state index contributed by atoms with van der Waals surface area (Å²) in [5.74, 6) is 0.730. The maximum Gasteiger partial charge on any atom is 0.155 e. The Morgan fingerprint density at radius 1 is 1.24 bits per heavy atom. The van der Waals surface area contributed by atoms with E-state index in [4.69, 9.17) is 0 Å². The van der Waals surface area contributed by atoms with Crippen LogP contribution in [-0.4, -0.2) is 19.4 Å². The number of ketones is 1. The normalized spacial score (nSPS) is 16.1. The first-order valence-corrected chi connectivity index (χ1v) is 6.47. The third kappa shape index (κ3) is 3.09. The van der Waals surface area contributed by atoms with E-state index in [1.807, 2.05) is 7.05 Å². The molecule has 1 aliphatic carbocycles. The molecule has 0 amide bonds. The third-order valence-corrected chi connectivity index (χ3v) is 3.68. The lowest BCUT2D eigenvalue weighted by Crippen LogP contribution is -2.29. The zero-order valence-corrected chi connectivity index (χ0v) is 10.8. The van der Waals surface area contributed by atoms with Gasteiger partial charge in [0.1, 0.15) is 0 Å². The van der Waals surface area contributed by atoms with Crippen LogP contribution in [0.4, 0.5) is 5.69 Å². The molecule has 1 aromatic carbocycles. The molecule has 0 saturated heterocycles. The van der Waals surface area contributed by atoms with Crippen LogP contribution in [0.25, 0.3) is 0 Å². The minimum atomic E-state index is 0.322. The number of likely N-dealkylation sites (N-methyl/N-ethyl adjacent to an activating group) is 1. The Morgan fingerprint density at radius 2 is 1.82 bits per heavy atom. The van der Waals surface area contributed by atoms with Crippen LogP contribution in [0.2, 0.25) is 0 Å². The second kappa shape index (κ2) is 5.35. The summed E-state index contributed by atoms with van der Waals surface area (Å²) in [5.41, 5.74) is 2.38. The minimum Gasteiger partial charge on any atom is -0.367 e. The highest BCUT2D eigenvalue weighted by atomic mass is 16.1. The first-order valence-electron chi connectivity index (χ1n) is 6.47. The first-order chi connectivity index (χ1) is 8.16. The Labute approximate surface area is 104 Å². The average Bonchev–Trinajstić information content (AvgIpc) is 2.83. The Hall–Kier alpha value is -1.31. The van der Waals surface area contributed by atoms with Gasteiger partial charge in [-0.3, -0.25) is 4.79 Å². The number of rotatable bonds is 4. The Kier molecular flexibility index (Phi) is 3.82. The molecule has 2 nitrogen and oxygen atoms in total. The molecule has 0 atom stereocenters. The van der Waals surface area contributed by atoms with Gasteiger partial charge in [0.2, 0.25) is 0 Å². The van der Waals surface area contributed by atoms with Crippen LogP contribution in [0.1, 0.15) is 31.2 Å². The van der Waals surface area contributed by atoms with Crippen molar-refractivity contribution in [3.05, 3.63) is 29.8 Å². The van der Waals surface area contributed by atoms with E-state index in [1.165, 1.54) is 18.4 Å². The van der Waals surface area contributed by atoms with Crippen molar-refractivity contribution in [2.24, 2.45) is 5.92 Å². The fourth-order valence-electron chi connectivity index (χ4n) is 2.50. The molecule has 2 rings (SSSR count). The standard InChI is InChI=1S/C15H21NO/c1-12-7-9-14(10-8-12)16(2)11-15(17)13-5-3-4-6-13/h7-10,13H,3-6,11H2,1-2H3. The van der Waals surface area contributed by atoms with Crippen LogP contribution in [0.3, 0.4) is 0 Å². The summed E-state index contributed by atoms with van der Waals surface area (Å²) < 4.78 is 0. The maximum atomic E-state index is 12.1. The van der Waals surface area contributed by atoms with Crippen molar-refractivity contribution < 1.29 is 4.79 Å². The number of aryl methyl sites for hydroxylation is 1. The fraction of sp³-hybridized carbons (Fsp3) is 0.533. The van der Waals surface area contributed by atoms with Crippen molar-refractivity contribution >= 4 is 11.5 Å². The summed E-state index contributed by atoms with van der Waals surface area (Å²) in [4.78, 5) is 14.1. The van der Waals surface area contributed by atoms with E-state index in [2.05, 4.69) is 36.1 Å². The number of benzene rings is 1. The average molecular weight is 231 g/mol. The summed E-state index contributed by atoms with van der Waals surface area (Å²) in [7, 11) is 2.00. The van der Waals surface area contributed by atoms with Gasteiger partial charge in [0.15, 0.2) is 5.78 Å². The fourth-order valence-corrected chi connectivity index (χ4v) is 2.50. The lowest BCUT2D eigenvalue weighted by atomic mass is 10.0. The van der Waals surface area contributed by atoms with Crippen molar-refractivity contribution in [3.63, 3.8) is 0 Å². The van der Waals surface area contributed by atoms with E-state index in [9.17, 15) is 4.79 Å². The van der Waals surface area contributed by atoms with Gasteiger partial charge in [-0.05, 0) is 31.9 Å². The number of hydrogen-bond donors (Lipinski definition) is 0. The second-order valence-electron chi connectivity index (χ2n) is 5.14. The number of carbonyl (C=O) groups excluding carboxylic acids is 1. The molecular formula is C15H21NO. The molecule has 0 N–H and O–H groups in total. The topological polar surface area (TPSA) is 20.3 Å². The Balaban J connectivity index is 1.93. The predicted octanol–water partition coefficient (Wildman–Crippen LogP) is 3.19. The number of hydrogen-bond acceptors (Lipinski definition) is 2. The van der Waals surface area contributed by atoms with Crippen LogP contribution in [0.5, 0.6) is 0 Å². The second-order valence-corrected chi connectivity index (χ2v) is 5.14. The molecule has 2 heteroatoms. The molecular weight excluding hydrogens is 210 g/mol. The van der Waals surface area contributed by atoms with Gasteiger partial charge in [0, 0.05) is 18.7 Å². The summed E-state index contributed by atoms with van der Waals surface area (Å²) >= 11 is 0. The molecule has 0 aromatic heterocycles. The van der Waals surface area contributed by atoms with Gasteiger partial charge in [-0.2, -0.15) is 0 Å². The number of anilines is 1. The zero-order chi connectivity index (χ0) is 12.3. The van der Waals surface area contributed by atoms with Crippen LogP contribution in [-0.2, 0) is 4.79 Å². The zero-order valence-electron chi connectivity index (χ0n) is 10.8. The highest BCUT2D eigenvalue weighted by molar-refractivity contribution is 5.85. The lowest BCUT2D eigenvalue weighted by molar-refractivity contribution is -0.121. The smallest absolute Gasteiger partial charge is 0.155 e. The Morgan fingerprint density at radius 3 is 2.41 bits per heavy atom.